The van der Waals surface area contributed by atoms with Gasteiger partial charge in [-0.15, -0.1) is 0 Å². The average Bonchev–Trinajstić information content (AvgIpc) is 3.09. The molecule has 0 saturated heterocycles. The number of carbonyl (C=O) groups is 1. The molecule has 3 aromatic carbocycles. The SMILES string of the molecule is Cc1ccc(NC(=O)CCc2c(C)nn(-c3ccccc3)c2Oc2cccc(F)c2)cc1. The molecule has 32 heavy (non-hydrogen) atoms. The average molecular weight is 429 g/mol. The van der Waals surface area contributed by atoms with Crippen molar-refractivity contribution in [3.63, 3.8) is 0 Å². The smallest absolute Gasteiger partial charge is 0.226 e. The van der Waals surface area contributed by atoms with E-state index in [1.165, 1.54) is 12.1 Å². The van der Waals surface area contributed by atoms with Crippen LogP contribution in [0.5, 0.6) is 11.6 Å². The maximum Gasteiger partial charge on any atom is 0.226 e. The number of ether oxygens (including phenoxy) is 1. The molecule has 0 fully saturated rings. The Kier molecular flexibility index (Phi) is 6.31. The Balaban J connectivity index is 1.59. The van der Waals surface area contributed by atoms with E-state index in [4.69, 9.17) is 4.74 Å². The summed E-state index contributed by atoms with van der Waals surface area (Å²) in [5, 5.41) is 7.55. The third-order valence-corrected chi connectivity index (χ3v) is 5.09. The van der Waals surface area contributed by atoms with Crippen molar-refractivity contribution >= 4 is 11.6 Å². The summed E-state index contributed by atoms with van der Waals surface area (Å²) in [5.74, 6) is 0.358. The number of amides is 1. The lowest BCUT2D eigenvalue weighted by molar-refractivity contribution is -0.116. The lowest BCUT2D eigenvalue weighted by atomic mass is 10.1. The molecule has 6 heteroatoms. The van der Waals surface area contributed by atoms with E-state index in [-0.39, 0.29) is 18.1 Å². The minimum atomic E-state index is -0.385. The summed E-state index contributed by atoms with van der Waals surface area (Å²) >= 11 is 0. The lowest BCUT2D eigenvalue weighted by Crippen LogP contribution is -2.12. The molecule has 4 rings (SSSR count). The minimum absolute atomic E-state index is 0.0996. The fourth-order valence-electron chi connectivity index (χ4n) is 3.42. The van der Waals surface area contributed by atoms with Gasteiger partial charge in [0.15, 0.2) is 0 Å². The molecule has 1 amide bonds. The van der Waals surface area contributed by atoms with E-state index in [2.05, 4.69) is 10.4 Å². The van der Waals surface area contributed by atoms with E-state index in [9.17, 15) is 9.18 Å². The maximum absolute atomic E-state index is 13.7. The maximum atomic E-state index is 13.7. The van der Waals surface area contributed by atoms with Gasteiger partial charge in [0.05, 0.1) is 11.4 Å². The van der Waals surface area contributed by atoms with Crippen molar-refractivity contribution < 1.29 is 13.9 Å². The molecule has 0 aliphatic rings. The van der Waals surface area contributed by atoms with Crippen LogP contribution in [0.25, 0.3) is 5.69 Å². The Morgan fingerprint density at radius 2 is 1.75 bits per heavy atom. The number of aromatic nitrogens is 2. The molecule has 0 atom stereocenters. The van der Waals surface area contributed by atoms with Gasteiger partial charge in [0, 0.05) is 23.7 Å². The number of para-hydroxylation sites is 1. The normalized spacial score (nSPS) is 10.7. The van der Waals surface area contributed by atoms with Crippen LogP contribution in [-0.2, 0) is 11.2 Å². The predicted molar refractivity (Wildman–Crippen MR) is 123 cm³/mol. The van der Waals surface area contributed by atoms with Gasteiger partial charge in [-0.3, -0.25) is 4.79 Å². The Morgan fingerprint density at radius 1 is 1.00 bits per heavy atom. The van der Waals surface area contributed by atoms with Gasteiger partial charge in [-0.25, -0.2) is 9.07 Å². The number of benzene rings is 3. The summed E-state index contributed by atoms with van der Waals surface area (Å²) in [5.41, 5.74) is 4.26. The molecular weight excluding hydrogens is 405 g/mol. The van der Waals surface area contributed by atoms with Crippen LogP contribution in [-0.4, -0.2) is 15.7 Å². The predicted octanol–water partition coefficient (Wildman–Crippen LogP) is 5.99. The summed E-state index contributed by atoms with van der Waals surface area (Å²) < 4.78 is 21.5. The monoisotopic (exact) mass is 429 g/mol. The van der Waals surface area contributed by atoms with E-state index >= 15 is 0 Å². The van der Waals surface area contributed by atoms with Crippen LogP contribution in [0.3, 0.4) is 0 Å². The summed E-state index contributed by atoms with van der Waals surface area (Å²) in [7, 11) is 0. The van der Waals surface area contributed by atoms with Crippen molar-refractivity contribution in [2.45, 2.75) is 26.7 Å². The molecule has 0 spiro atoms. The number of nitrogens with zero attached hydrogens (tertiary/aromatic N) is 2. The van der Waals surface area contributed by atoms with Crippen LogP contribution in [0, 0.1) is 19.7 Å². The van der Waals surface area contributed by atoms with Gasteiger partial charge in [-0.05, 0) is 56.7 Å². The molecule has 1 heterocycles. The van der Waals surface area contributed by atoms with Crippen LogP contribution in [0.1, 0.15) is 23.2 Å². The first-order valence-corrected chi connectivity index (χ1v) is 10.4. The second kappa shape index (κ2) is 9.47. The number of carbonyl (C=O) groups excluding carboxylic acids is 1. The number of halogens is 1. The third-order valence-electron chi connectivity index (χ3n) is 5.09. The molecule has 1 N–H and O–H groups in total. The molecular formula is C26H24FN3O2. The number of rotatable bonds is 7. The van der Waals surface area contributed by atoms with Crippen molar-refractivity contribution in [2.24, 2.45) is 0 Å². The molecule has 0 radical (unpaired) electrons. The zero-order valence-corrected chi connectivity index (χ0v) is 18.0. The molecule has 1 aromatic heterocycles. The van der Waals surface area contributed by atoms with Gasteiger partial charge in [0.1, 0.15) is 11.6 Å². The summed E-state index contributed by atoms with van der Waals surface area (Å²) in [6, 6.07) is 23.2. The zero-order valence-electron chi connectivity index (χ0n) is 18.0. The van der Waals surface area contributed by atoms with E-state index < -0.39 is 0 Å². The van der Waals surface area contributed by atoms with Crippen LogP contribution >= 0.6 is 0 Å². The Morgan fingerprint density at radius 3 is 2.47 bits per heavy atom. The van der Waals surface area contributed by atoms with Crippen LogP contribution in [0.4, 0.5) is 10.1 Å². The first kappa shape index (κ1) is 21.3. The largest absolute Gasteiger partial charge is 0.439 e. The highest BCUT2D eigenvalue weighted by Crippen LogP contribution is 2.31. The molecule has 5 nitrogen and oxygen atoms in total. The Hall–Kier alpha value is -3.93. The molecule has 0 aliphatic heterocycles. The second-order valence-corrected chi connectivity index (χ2v) is 7.59. The van der Waals surface area contributed by atoms with Gasteiger partial charge >= 0.3 is 0 Å². The highest BCUT2D eigenvalue weighted by molar-refractivity contribution is 5.90. The topological polar surface area (TPSA) is 56.2 Å². The second-order valence-electron chi connectivity index (χ2n) is 7.59. The standard InChI is InChI=1S/C26H24FN3O2/c1-18-11-13-21(14-12-18)28-25(31)16-15-24-19(2)29-30(22-8-4-3-5-9-22)26(24)32-23-10-6-7-20(27)17-23/h3-14,17H,15-16H2,1-2H3,(H,28,31). The molecule has 162 valence electrons. The lowest BCUT2D eigenvalue weighted by Gasteiger charge is -2.12. The molecule has 0 saturated carbocycles. The Labute approximate surface area is 186 Å². The van der Waals surface area contributed by atoms with Gasteiger partial charge in [0.25, 0.3) is 0 Å². The quantitative estimate of drug-likeness (QED) is 0.392. The first-order chi connectivity index (χ1) is 15.5. The van der Waals surface area contributed by atoms with Crippen molar-refractivity contribution in [2.75, 3.05) is 5.32 Å². The summed E-state index contributed by atoms with van der Waals surface area (Å²) in [4.78, 5) is 12.5. The Bertz CT molecular complexity index is 1220. The van der Waals surface area contributed by atoms with Crippen LogP contribution in [0.15, 0.2) is 78.9 Å². The van der Waals surface area contributed by atoms with Crippen molar-refractivity contribution in [3.8, 4) is 17.3 Å². The van der Waals surface area contributed by atoms with Crippen molar-refractivity contribution in [3.05, 3.63) is 102 Å². The van der Waals surface area contributed by atoms with Crippen molar-refractivity contribution in [1.29, 1.82) is 0 Å². The van der Waals surface area contributed by atoms with Crippen molar-refractivity contribution in [1.82, 2.24) is 9.78 Å². The van der Waals surface area contributed by atoms with E-state index in [0.29, 0.717) is 18.1 Å². The zero-order chi connectivity index (χ0) is 22.5. The molecule has 0 unspecified atom stereocenters. The van der Waals surface area contributed by atoms with Crippen LogP contribution in [0.2, 0.25) is 0 Å². The molecule has 0 aliphatic carbocycles. The summed E-state index contributed by atoms with van der Waals surface area (Å²) in [6.07, 6.45) is 0.690. The molecule has 4 aromatic rings. The van der Waals surface area contributed by atoms with Gasteiger partial charge in [-0.2, -0.15) is 5.10 Å². The van der Waals surface area contributed by atoms with E-state index in [1.54, 1.807) is 16.8 Å². The van der Waals surface area contributed by atoms with Gasteiger partial charge in [0.2, 0.25) is 11.8 Å². The first-order valence-electron chi connectivity index (χ1n) is 10.4. The minimum Gasteiger partial charge on any atom is -0.439 e. The van der Waals surface area contributed by atoms with E-state index in [1.807, 2.05) is 68.4 Å². The summed E-state index contributed by atoms with van der Waals surface area (Å²) in [6.45, 7) is 3.88. The number of hydrogen-bond donors (Lipinski definition) is 1. The fraction of sp³-hybridized carbons (Fsp3) is 0.154. The fourth-order valence-corrected chi connectivity index (χ4v) is 3.42. The molecule has 0 bridgehead atoms. The number of aryl methyl sites for hydroxylation is 2. The highest BCUT2D eigenvalue weighted by Gasteiger charge is 2.20. The number of nitrogens with one attached hydrogen (secondary N) is 1. The number of hydrogen-bond acceptors (Lipinski definition) is 3. The third kappa shape index (κ3) is 5.03. The van der Waals surface area contributed by atoms with Gasteiger partial charge < -0.3 is 10.1 Å². The number of anilines is 1. The van der Waals surface area contributed by atoms with Crippen LogP contribution < -0.4 is 10.1 Å². The highest BCUT2D eigenvalue weighted by atomic mass is 19.1. The van der Waals surface area contributed by atoms with Gasteiger partial charge in [-0.1, -0.05) is 42.0 Å². The van der Waals surface area contributed by atoms with E-state index in [0.717, 1.165) is 28.2 Å².